The van der Waals surface area contributed by atoms with Crippen molar-refractivity contribution in [2.75, 3.05) is 0 Å². The molecule has 12 heavy (non-hydrogen) atoms. The van der Waals surface area contributed by atoms with Gasteiger partial charge in [0.05, 0.1) is 4.70 Å². The average Bonchev–Trinajstić information content (AvgIpc) is 2.29. The molecule has 2 rings (SSSR count). The second-order valence-electron chi connectivity index (χ2n) is 2.39. The number of rotatable bonds is 0. The van der Waals surface area contributed by atoms with E-state index < -0.39 is 0 Å². The van der Waals surface area contributed by atoms with E-state index in [1.165, 1.54) is 23.5 Å². The molecule has 0 fully saturated rings. The molecule has 0 unspecified atom stereocenters. The van der Waals surface area contributed by atoms with Crippen LogP contribution in [0.1, 0.15) is 0 Å². The molecule has 1 heterocycles. The minimum absolute atomic E-state index is 0.205. The van der Waals surface area contributed by atoms with E-state index in [1.807, 2.05) is 0 Å². The second-order valence-corrected chi connectivity index (χ2v) is 4.28. The molecular weight excluding hydrogens is 243 g/mol. The minimum atomic E-state index is -0.299. The molecule has 0 aliphatic heterocycles. The van der Waals surface area contributed by atoms with Gasteiger partial charge < -0.3 is 5.11 Å². The maximum Gasteiger partial charge on any atom is 0.172 e. The van der Waals surface area contributed by atoms with Gasteiger partial charge in [0.25, 0.3) is 0 Å². The van der Waals surface area contributed by atoms with E-state index >= 15 is 0 Å². The lowest BCUT2D eigenvalue weighted by Gasteiger charge is -1.92. The summed E-state index contributed by atoms with van der Waals surface area (Å²) in [5.74, 6) is -0.299. The Kier molecular flexibility index (Phi) is 1.81. The van der Waals surface area contributed by atoms with Crippen LogP contribution >= 0.6 is 27.3 Å². The zero-order valence-corrected chi connectivity index (χ0v) is 8.25. The van der Waals surface area contributed by atoms with Crippen LogP contribution in [0.3, 0.4) is 0 Å². The Balaban J connectivity index is 2.88. The van der Waals surface area contributed by atoms with Crippen LogP contribution in [0, 0.1) is 5.82 Å². The highest BCUT2D eigenvalue weighted by atomic mass is 79.9. The summed E-state index contributed by atoms with van der Waals surface area (Å²) in [6, 6.07) is 4.34. The van der Waals surface area contributed by atoms with Crippen LogP contribution in [0.15, 0.2) is 22.7 Å². The number of fused-ring (bicyclic) bond motifs is 1. The Labute approximate surface area is 80.6 Å². The van der Waals surface area contributed by atoms with Gasteiger partial charge in [0.15, 0.2) is 5.06 Å². The minimum Gasteiger partial charge on any atom is -0.499 e. The lowest BCUT2D eigenvalue weighted by molar-refractivity contribution is 0.491. The quantitative estimate of drug-likeness (QED) is 0.755. The molecule has 1 aromatic heterocycles. The van der Waals surface area contributed by atoms with Gasteiger partial charge in [-0.2, -0.15) is 0 Å². The highest BCUT2D eigenvalue weighted by Crippen LogP contribution is 2.36. The van der Waals surface area contributed by atoms with Gasteiger partial charge in [-0.05, 0) is 34.1 Å². The topological polar surface area (TPSA) is 20.2 Å². The fraction of sp³-hybridized carbons (Fsp3) is 0. The van der Waals surface area contributed by atoms with E-state index in [-0.39, 0.29) is 10.9 Å². The molecule has 0 saturated carbocycles. The highest BCUT2D eigenvalue weighted by Gasteiger charge is 2.05. The van der Waals surface area contributed by atoms with E-state index in [2.05, 4.69) is 15.9 Å². The van der Waals surface area contributed by atoms with E-state index in [1.54, 1.807) is 6.07 Å². The molecule has 0 bridgehead atoms. The standard InChI is InChI=1S/C8H4BrFOS/c9-6-3-5(10)1-4-2-7(11)12-8(4)6/h1-3,11H. The summed E-state index contributed by atoms with van der Waals surface area (Å²) < 4.78 is 14.4. The summed E-state index contributed by atoms with van der Waals surface area (Å²) in [6.45, 7) is 0. The molecule has 0 aliphatic rings. The van der Waals surface area contributed by atoms with Crippen LogP contribution in [-0.2, 0) is 0 Å². The predicted octanol–water partition coefficient (Wildman–Crippen LogP) is 3.51. The monoisotopic (exact) mass is 246 g/mol. The molecule has 1 N–H and O–H groups in total. The largest absolute Gasteiger partial charge is 0.499 e. The van der Waals surface area contributed by atoms with E-state index in [9.17, 15) is 4.39 Å². The summed E-state index contributed by atoms with van der Waals surface area (Å²) in [6.07, 6.45) is 0. The molecule has 62 valence electrons. The van der Waals surface area contributed by atoms with Crippen molar-refractivity contribution in [3.8, 4) is 5.06 Å². The molecule has 1 aromatic carbocycles. The van der Waals surface area contributed by atoms with E-state index in [0.717, 1.165) is 10.1 Å². The Morgan fingerprint density at radius 1 is 1.33 bits per heavy atom. The fourth-order valence-corrected chi connectivity index (χ4v) is 2.54. The first-order valence-corrected chi connectivity index (χ1v) is 4.85. The van der Waals surface area contributed by atoms with Crippen molar-refractivity contribution in [1.29, 1.82) is 0 Å². The number of benzene rings is 1. The summed E-state index contributed by atoms with van der Waals surface area (Å²) in [5.41, 5.74) is 0. The SMILES string of the molecule is Oc1cc2cc(F)cc(Br)c2s1. The van der Waals surface area contributed by atoms with Crippen LogP contribution in [-0.4, -0.2) is 5.11 Å². The number of hydrogen-bond acceptors (Lipinski definition) is 2. The van der Waals surface area contributed by atoms with Crippen molar-refractivity contribution in [3.05, 3.63) is 28.5 Å². The lowest BCUT2D eigenvalue weighted by atomic mass is 10.2. The van der Waals surface area contributed by atoms with Crippen LogP contribution in [0.2, 0.25) is 0 Å². The van der Waals surface area contributed by atoms with Crippen molar-refractivity contribution < 1.29 is 9.50 Å². The molecular formula is C8H4BrFOS. The lowest BCUT2D eigenvalue weighted by Crippen LogP contribution is -1.72. The van der Waals surface area contributed by atoms with Crippen LogP contribution in [0.25, 0.3) is 10.1 Å². The zero-order valence-electron chi connectivity index (χ0n) is 5.84. The third kappa shape index (κ3) is 1.21. The molecule has 0 spiro atoms. The van der Waals surface area contributed by atoms with Gasteiger partial charge >= 0.3 is 0 Å². The van der Waals surface area contributed by atoms with Gasteiger partial charge in [-0.3, -0.25) is 0 Å². The Bertz CT molecular complexity index is 438. The smallest absolute Gasteiger partial charge is 0.172 e. The molecule has 2 aromatic rings. The van der Waals surface area contributed by atoms with Gasteiger partial charge in [-0.1, -0.05) is 11.3 Å². The first kappa shape index (κ1) is 8.01. The predicted molar refractivity (Wildman–Crippen MR) is 51.1 cm³/mol. The molecule has 0 radical (unpaired) electrons. The number of halogens is 2. The first-order chi connectivity index (χ1) is 5.66. The Morgan fingerprint density at radius 2 is 2.08 bits per heavy atom. The maximum atomic E-state index is 12.8. The summed E-state index contributed by atoms with van der Waals surface area (Å²) in [5, 5.41) is 10.1. The molecule has 0 amide bonds. The zero-order chi connectivity index (χ0) is 8.72. The summed E-state index contributed by atoms with van der Waals surface area (Å²) in [7, 11) is 0. The Morgan fingerprint density at radius 3 is 2.83 bits per heavy atom. The van der Waals surface area contributed by atoms with Gasteiger partial charge in [0.2, 0.25) is 0 Å². The maximum absolute atomic E-state index is 12.8. The van der Waals surface area contributed by atoms with Gasteiger partial charge in [-0.25, -0.2) is 4.39 Å². The summed E-state index contributed by atoms with van der Waals surface area (Å²) >= 11 is 4.45. The average molecular weight is 247 g/mol. The molecule has 0 saturated heterocycles. The summed E-state index contributed by atoms with van der Waals surface area (Å²) in [4.78, 5) is 0. The van der Waals surface area contributed by atoms with Crippen LogP contribution < -0.4 is 0 Å². The molecule has 4 heteroatoms. The molecule has 1 nitrogen and oxygen atoms in total. The first-order valence-electron chi connectivity index (χ1n) is 3.24. The third-order valence-electron chi connectivity index (χ3n) is 1.52. The van der Waals surface area contributed by atoms with Crippen LogP contribution in [0.5, 0.6) is 5.06 Å². The van der Waals surface area contributed by atoms with Crippen molar-refractivity contribution in [3.63, 3.8) is 0 Å². The van der Waals surface area contributed by atoms with E-state index in [0.29, 0.717) is 4.47 Å². The molecule has 0 atom stereocenters. The number of aromatic hydroxyl groups is 1. The normalized spacial score (nSPS) is 10.8. The third-order valence-corrected chi connectivity index (χ3v) is 3.40. The van der Waals surface area contributed by atoms with Gasteiger partial charge in [-0.15, -0.1) is 0 Å². The van der Waals surface area contributed by atoms with Crippen molar-refractivity contribution in [1.82, 2.24) is 0 Å². The molecule has 0 aliphatic carbocycles. The van der Waals surface area contributed by atoms with E-state index in [4.69, 9.17) is 5.11 Å². The number of hydrogen-bond donors (Lipinski definition) is 1. The Hall–Kier alpha value is -0.610. The van der Waals surface area contributed by atoms with Gasteiger partial charge in [0.1, 0.15) is 5.82 Å². The fourth-order valence-electron chi connectivity index (χ4n) is 1.06. The second kappa shape index (κ2) is 2.71. The highest BCUT2D eigenvalue weighted by molar-refractivity contribution is 9.10. The van der Waals surface area contributed by atoms with Crippen molar-refractivity contribution >= 4 is 37.4 Å². The van der Waals surface area contributed by atoms with Crippen molar-refractivity contribution in [2.24, 2.45) is 0 Å². The van der Waals surface area contributed by atoms with Crippen molar-refractivity contribution in [2.45, 2.75) is 0 Å². The van der Waals surface area contributed by atoms with Crippen LogP contribution in [0.4, 0.5) is 4.39 Å². The number of thiophene rings is 1. The van der Waals surface area contributed by atoms with Gasteiger partial charge in [0, 0.05) is 9.86 Å².